The normalized spacial score (nSPS) is 35.0. The van der Waals surface area contributed by atoms with Gasteiger partial charge in [-0.15, -0.1) is 0 Å². The maximum absolute atomic E-state index is 12.8. The maximum atomic E-state index is 12.8. The lowest BCUT2D eigenvalue weighted by atomic mass is 9.95. The molecule has 4 atom stereocenters. The molecule has 0 aromatic heterocycles. The summed E-state index contributed by atoms with van der Waals surface area (Å²) < 4.78 is 35.8. The van der Waals surface area contributed by atoms with E-state index in [1.165, 1.54) is 0 Å². The van der Waals surface area contributed by atoms with Gasteiger partial charge in [-0.2, -0.15) is 0 Å². The molecule has 2 fully saturated rings. The Balaban J connectivity index is 1.64. The minimum atomic E-state index is -0.930. The van der Waals surface area contributed by atoms with Gasteiger partial charge in [0.15, 0.2) is 5.79 Å². The summed E-state index contributed by atoms with van der Waals surface area (Å²) in [5.74, 6) is -0.930. The third-order valence-electron chi connectivity index (χ3n) is 4.23. The smallest absolute Gasteiger partial charge is 0.197 e. The van der Waals surface area contributed by atoms with Crippen LogP contribution in [0.1, 0.15) is 18.4 Å². The number of alkyl halides is 1. The Morgan fingerprint density at radius 1 is 1.33 bits per heavy atom. The second-order valence-electron chi connectivity index (χ2n) is 5.51. The van der Waals surface area contributed by atoms with E-state index >= 15 is 0 Å². The van der Waals surface area contributed by atoms with E-state index in [9.17, 15) is 4.39 Å². The molecule has 0 radical (unpaired) electrons. The van der Waals surface area contributed by atoms with Crippen molar-refractivity contribution in [1.82, 2.24) is 0 Å². The molecule has 0 spiro atoms. The quantitative estimate of drug-likeness (QED) is 0.808. The average molecular weight is 296 g/mol. The Morgan fingerprint density at radius 3 is 2.86 bits per heavy atom. The minimum absolute atomic E-state index is 0.0922. The second-order valence-corrected chi connectivity index (χ2v) is 5.51. The van der Waals surface area contributed by atoms with Crippen LogP contribution in [0.4, 0.5) is 4.39 Å². The molecule has 116 valence electrons. The number of ether oxygens (including phenoxy) is 4. The van der Waals surface area contributed by atoms with Gasteiger partial charge in [0.05, 0.1) is 26.0 Å². The molecule has 2 saturated heterocycles. The van der Waals surface area contributed by atoms with Crippen LogP contribution in [0.3, 0.4) is 0 Å². The molecule has 2 heterocycles. The maximum Gasteiger partial charge on any atom is 0.197 e. The first kappa shape index (κ1) is 14.9. The van der Waals surface area contributed by atoms with E-state index in [-0.39, 0.29) is 24.7 Å². The summed E-state index contributed by atoms with van der Waals surface area (Å²) in [6.07, 6.45) is 0.325. The summed E-state index contributed by atoms with van der Waals surface area (Å²) in [5.41, 5.74) is 1.12. The number of fused-ring (bicyclic) bond motifs is 2. The molecule has 0 aliphatic carbocycles. The molecule has 2 aliphatic rings. The fraction of sp³-hybridized carbons (Fsp3) is 0.625. The van der Waals surface area contributed by atoms with Crippen molar-refractivity contribution in [3.8, 4) is 0 Å². The zero-order valence-corrected chi connectivity index (χ0v) is 12.2. The van der Waals surface area contributed by atoms with Gasteiger partial charge in [-0.25, -0.2) is 0 Å². The van der Waals surface area contributed by atoms with Crippen molar-refractivity contribution < 1.29 is 23.3 Å². The molecule has 3 rings (SSSR count). The minimum Gasteiger partial charge on any atom is -0.376 e. The zero-order valence-electron chi connectivity index (χ0n) is 12.2. The third kappa shape index (κ3) is 2.97. The van der Waals surface area contributed by atoms with E-state index < -0.39 is 12.5 Å². The molecular weight excluding hydrogens is 275 g/mol. The summed E-state index contributed by atoms with van der Waals surface area (Å²) >= 11 is 0. The molecule has 0 amide bonds. The van der Waals surface area contributed by atoms with Crippen molar-refractivity contribution >= 4 is 0 Å². The Hall–Kier alpha value is -1.01. The summed E-state index contributed by atoms with van der Waals surface area (Å²) in [6.45, 7) is 0.472. The highest BCUT2D eigenvalue weighted by molar-refractivity contribution is 5.13. The van der Waals surface area contributed by atoms with Crippen LogP contribution < -0.4 is 0 Å². The van der Waals surface area contributed by atoms with Crippen molar-refractivity contribution in [2.24, 2.45) is 0 Å². The summed E-state index contributed by atoms with van der Waals surface area (Å²) in [5, 5.41) is 0. The van der Waals surface area contributed by atoms with Gasteiger partial charge in [0.25, 0.3) is 0 Å². The van der Waals surface area contributed by atoms with Crippen molar-refractivity contribution in [2.75, 3.05) is 20.4 Å². The third-order valence-corrected chi connectivity index (χ3v) is 4.23. The summed E-state index contributed by atoms with van der Waals surface area (Å²) in [7, 11) is 1.60. The van der Waals surface area contributed by atoms with Crippen molar-refractivity contribution in [1.29, 1.82) is 0 Å². The van der Waals surface area contributed by atoms with E-state index in [1.54, 1.807) is 7.11 Å². The first-order valence-corrected chi connectivity index (χ1v) is 7.33. The Bertz CT molecular complexity index is 455. The zero-order chi connectivity index (χ0) is 14.7. The Labute approximate surface area is 124 Å². The molecule has 4 nitrogen and oxygen atoms in total. The largest absolute Gasteiger partial charge is 0.376 e. The SMILES string of the molecule is CO[C@@H]1C[C@H](OCc2ccccc2)[C@H]2CO[C@]1(CCF)O2. The number of halogens is 1. The number of methoxy groups -OCH3 is 1. The van der Waals surface area contributed by atoms with E-state index in [0.717, 1.165) is 5.56 Å². The molecule has 5 heteroatoms. The standard InChI is InChI=1S/C16H21FO4/c1-18-15-9-13(19-10-12-5-3-2-4-6-12)14-11-20-16(15,21-14)7-8-17/h2-6,13-15H,7-11H2,1H3/t13-,14+,15+,16+/m0/s1. The molecule has 0 unspecified atom stereocenters. The highest BCUT2D eigenvalue weighted by Crippen LogP contribution is 2.41. The summed E-state index contributed by atoms with van der Waals surface area (Å²) in [6, 6.07) is 9.99. The van der Waals surface area contributed by atoms with Gasteiger partial charge in [-0.05, 0) is 5.56 Å². The Morgan fingerprint density at radius 2 is 2.14 bits per heavy atom. The van der Waals surface area contributed by atoms with Crippen LogP contribution in [-0.2, 0) is 25.6 Å². The first-order valence-electron chi connectivity index (χ1n) is 7.33. The fourth-order valence-electron chi connectivity index (χ4n) is 3.09. The van der Waals surface area contributed by atoms with Gasteiger partial charge >= 0.3 is 0 Å². The number of hydrogen-bond acceptors (Lipinski definition) is 4. The molecule has 1 aromatic rings. The second kappa shape index (κ2) is 6.40. The predicted molar refractivity (Wildman–Crippen MR) is 74.6 cm³/mol. The van der Waals surface area contributed by atoms with Crippen LogP contribution in [0.5, 0.6) is 0 Å². The number of rotatable bonds is 6. The predicted octanol–water partition coefficient (Wildman–Crippen LogP) is 2.46. The van der Waals surface area contributed by atoms with Gasteiger partial charge < -0.3 is 18.9 Å². The van der Waals surface area contributed by atoms with Crippen molar-refractivity contribution in [3.05, 3.63) is 35.9 Å². The fourth-order valence-corrected chi connectivity index (χ4v) is 3.09. The monoisotopic (exact) mass is 296 g/mol. The van der Waals surface area contributed by atoms with Crippen LogP contribution in [0.25, 0.3) is 0 Å². The molecule has 0 saturated carbocycles. The Kier molecular flexibility index (Phi) is 4.54. The van der Waals surface area contributed by atoms with Crippen LogP contribution >= 0.6 is 0 Å². The highest BCUT2D eigenvalue weighted by atomic mass is 19.1. The molecule has 2 bridgehead atoms. The lowest BCUT2D eigenvalue weighted by Crippen LogP contribution is -2.53. The highest BCUT2D eigenvalue weighted by Gasteiger charge is 2.55. The molecule has 2 aliphatic heterocycles. The lowest BCUT2D eigenvalue weighted by Gasteiger charge is -2.40. The van der Waals surface area contributed by atoms with Gasteiger partial charge in [0.1, 0.15) is 12.2 Å². The average Bonchev–Trinajstić information content (AvgIpc) is 2.88. The molecular formula is C16H21FO4. The van der Waals surface area contributed by atoms with Crippen LogP contribution in [0, 0.1) is 0 Å². The van der Waals surface area contributed by atoms with E-state index in [2.05, 4.69) is 0 Å². The number of benzene rings is 1. The van der Waals surface area contributed by atoms with E-state index in [4.69, 9.17) is 18.9 Å². The molecule has 1 aromatic carbocycles. The topological polar surface area (TPSA) is 36.9 Å². The van der Waals surface area contributed by atoms with Crippen LogP contribution in [0.15, 0.2) is 30.3 Å². The lowest BCUT2D eigenvalue weighted by molar-refractivity contribution is -0.277. The van der Waals surface area contributed by atoms with Gasteiger partial charge in [0.2, 0.25) is 0 Å². The van der Waals surface area contributed by atoms with Crippen LogP contribution in [0.2, 0.25) is 0 Å². The first-order chi connectivity index (χ1) is 10.3. The van der Waals surface area contributed by atoms with Crippen LogP contribution in [-0.4, -0.2) is 44.5 Å². The summed E-state index contributed by atoms with van der Waals surface area (Å²) in [4.78, 5) is 0. The van der Waals surface area contributed by atoms with Crippen molar-refractivity contribution in [2.45, 2.75) is 43.5 Å². The van der Waals surface area contributed by atoms with E-state index in [1.807, 2.05) is 30.3 Å². The number of hydrogen-bond donors (Lipinski definition) is 0. The van der Waals surface area contributed by atoms with E-state index in [0.29, 0.717) is 19.6 Å². The van der Waals surface area contributed by atoms with Gasteiger partial charge in [-0.1, -0.05) is 30.3 Å². The molecule has 21 heavy (non-hydrogen) atoms. The van der Waals surface area contributed by atoms with Crippen molar-refractivity contribution in [3.63, 3.8) is 0 Å². The van der Waals surface area contributed by atoms with Gasteiger partial charge in [-0.3, -0.25) is 4.39 Å². The molecule has 0 N–H and O–H groups in total. The van der Waals surface area contributed by atoms with Gasteiger partial charge in [0, 0.05) is 20.0 Å².